The molecule has 1 N–H and O–H groups in total. The van der Waals surface area contributed by atoms with E-state index in [4.69, 9.17) is 9.47 Å². The van der Waals surface area contributed by atoms with Gasteiger partial charge in [-0.25, -0.2) is 0 Å². The standard InChI is InChI=1S/C16H24N2O3/c1-4-21-13-7-5-12(6-8-13)11-18(2)16(19)15-9-14(20-3)10-17-15/h5-8,14-15,17H,4,9-11H2,1-3H3. The normalized spacial score (nSPS) is 21.3. The van der Waals surface area contributed by atoms with Crippen LogP contribution in [0.4, 0.5) is 0 Å². The van der Waals surface area contributed by atoms with Gasteiger partial charge in [0.05, 0.1) is 18.8 Å². The topological polar surface area (TPSA) is 50.8 Å². The number of nitrogens with one attached hydrogen (secondary N) is 1. The van der Waals surface area contributed by atoms with Gasteiger partial charge < -0.3 is 19.7 Å². The maximum Gasteiger partial charge on any atom is 0.239 e. The fourth-order valence-electron chi connectivity index (χ4n) is 2.55. The Hall–Kier alpha value is -1.59. The van der Waals surface area contributed by atoms with Crippen molar-refractivity contribution in [3.8, 4) is 5.75 Å². The fraction of sp³-hybridized carbons (Fsp3) is 0.562. The highest BCUT2D eigenvalue weighted by Gasteiger charge is 2.31. The molecule has 1 aliphatic rings. The zero-order valence-corrected chi connectivity index (χ0v) is 13.0. The van der Waals surface area contributed by atoms with Crippen molar-refractivity contribution in [3.05, 3.63) is 29.8 Å². The first-order chi connectivity index (χ1) is 10.1. The van der Waals surface area contributed by atoms with Crippen LogP contribution in [-0.2, 0) is 16.1 Å². The number of carbonyl (C=O) groups excluding carboxylic acids is 1. The average Bonchev–Trinajstić information content (AvgIpc) is 2.97. The minimum Gasteiger partial charge on any atom is -0.494 e. The predicted octanol–water partition coefficient (Wildman–Crippen LogP) is 1.42. The highest BCUT2D eigenvalue weighted by molar-refractivity contribution is 5.82. The SMILES string of the molecule is CCOc1ccc(CN(C)C(=O)C2CC(OC)CN2)cc1. The summed E-state index contributed by atoms with van der Waals surface area (Å²) in [4.78, 5) is 14.1. The number of hydrogen-bond donors (Lipinski definition) is 1. The summed E-state index contributed by atoms with van der Waals surface area (Å²) in [5.41, 5.74) is 1.09. The van der Waals surface area contributed by atoms with Gasteiger partial charge in [-0.05, 0) is 31.0 Å². The van der Waals surface area contributed by atoms with Crippen LogP contribution in [0, 0.1) is 0 Å². The van der Waals surface area contributed by atoms with Crippen molar-refractivity contribution in [2.75, 3.05) is 27.3 Å². The molecule has 0 aliphatic carbocycles. The van der Waals surface area contributed by atoms with E-state index in [9.17, 15) is 4.79 Å². The molecule has 5 nitrogen and oxygen atoms in total. The number of nitrogens with zero attached hydrogens (tertiary/aromatic N) is 1. The summed E-state index contributed by atoms with van der Waals surface area (Å²) in [7, 11) is 3.52. The second-order valence-corrected chi connectivity index (χ2v) is 5.33. The lowest BCUT2D eigenvalue weighted by Gasteiger charge is -2.21. The predicted molar refractivity (Wildman–Crippen MR) is 81.3 cm³/mol. The van der Waals surface area contributed by atoms with Crippen molar-refractivity contribution >= 4 is 5.91 Å². The summed E-state index contributed by atoms with van der Waals surface area (Å²) in [5, 5.41) is 3.21. The third kappa shape index (κ3) is 4.19. The lowest BCUT2D eigenvalue weighted by atomic mass is 10.1. The molecule has 0 bridgehead atoms. The molecule has 2 unspecified atom stereocenters. The quantitative estimate of drug-likeness (QED) is 0.861. The summed E-state index contributed by atoms with van der Waals surface area (Å²) in [6, 6.07) is 7.73. The Morgan fingerprint density at radius 1 is 1.38 bits per heavy atom. The van der Waals surface area contributed by atoms with Crippen molar-refractivity contribution in [1.29, 1.82) is 0 Å². The Bertz CT molecular complexity index is 461. The van der Waals surface area contributed by atoms with E-state index in [0.29, 0.717) is 13.2 Å². The number of likely N-dealkylation sites (N-methyl/N-ethyl adjacent to an activating group) is 1. The van der Waals surface area contributed by atoms with E-state index in [1.807, 2.05) is 38.2 Å². The minimum absolute atomic E-state index is 0.114. The van der Waals surface area contributed by atoms with Crippen molar-refractivity contribution in [2.24, 2.45) is 0 Å². The van der Waals surface area contributed by atoms with E-state index in [2.05, 4.69) is 5.32 Å². The molecule has 0 saturated carbocycles. The molecule has 0 spiro atoms. The summed E-state index contributed by atoms with van der Waals surface area (Å²) >= 11 is 0. The van der Waals surface area contributed by atoms with Gasteiger partial charge in [-0.3, -0.25) is 4.79 Å². The van der Waals surface area contributed by atoms with E-state index in [1.54, 1.807) is 12.0 Å². The van der Waals surface area contributed by atoms with Gasteiger partial charge in [0.1, 0.15) is 5.75 Å². The number of methoxy groups -OCH3 is 1. The largest absolute Gasteiger partial charge is 0.494 e. The lowest BCUT2D eigenvalue weighted by Crippen LogP contribution is -2.41. The van der Waals surface area contributed by atoms with Gasteiger partial charge in [0, 0.05) is 27.2 Å². The van der Waals surface area contributed by atoms with Crippen LogP contribution in [0.5, 0.6) is 5.75 Å². The van der Waals surface area contributed by atoms with E-state index in [-0.39, 0.29) is 18.1 Å². The third-order valence-corrected chi connectivity index (χ3v) is 3.75. The zero-order chi connectivity index (χ0) is 15.2. The molecule has 1 aromatic rings. The summed E-state index contributed by atoms with van der Waals surface area (Å²) < 4.78 is 10.7. The van der Waals surface area contributed by atoms with Crippen molar-refractivity contribution < 1.29 is 14.3 Å². The van der Waals surface area contributed by atoms with E-state index >= 15 is 0 Å². The monoisotopic (exact) mass is 292 g/mol. The molecule has 2 atom stereocenters. The average molecular weight is 292 g/mol. The summed E-state index contributed by atoms with van der Waals surface area (Å²) in [6.07, 6.45) is 0.876. The smallest absolute Gasteiger partial charge is 0.239 e. The van der Waals surface area contributed by atoms with Crippen molar-refractivity contribution in [3.63, 3.8) is 0 Å². The van der Waals surface area contributed by atoms with Crippen molar-refractivity contribution in [2.45, 2.75) is 32.0 Å². The maximum absolute atomic E-state index is 12.4. The molecule has 1 amide bonds. The van der Waals surface area contributed by atoms with Crippen LogP contribution in [0.15, 0.2) is 24.3 Å². The molecule has 1 fully saturated rings. The van der Waals surface area contributed by atoms with Crippen LogP contribution in [0.25, 0.3) is 0 Å². The lowest BCUT2D eigenvalue weighted by molar-refractivity contribution is -0.132. The van der Waals surface area contributed by atoms with Gasteiger partial charge in [-0.1, -0.05) is 12.1 Å². The molecule has 2 rings (SSSR count). The Morgan fingerprint density at radius 3 is 2.67 bits per heavy atom. The zero-order valence-electron chi connectivity index (χ0n) is 13.0. The van der Waals surface area contributed by atoms with Crippen LogP contribution in [0.2, 0.25) is 0 Å². The molecular formula is C16H24N2O3. The molecule has 0 radical (unpaired) electrons. The molecule has 1 aliphatic heterocycles. The van der Waals surface area contributed by atoms with Crippen LogP contribution in [0.3, 0.4) is 0 Å². The van der Waals surface area contributed by atoms with Crippen LogP contribution >= 0.6 is 0 Å². The summed E-state index contributed by atoms with van der Waals surface area (Å²) in [5.74, 6) is 0.971. The van der Waals surface area contributed by atoms with Gasteiger partial charge in [-0.15, -0.1) is 0 Å². The first-order valence-electron chi connectivity index (χ1n) is 7.37. The first-order valence-corrected chi connectivity index (χ1v) is 7.37. The van der Waals surface area contributed by atoms with E-state index in [1.165, 1.54) is 0 Å². The molecule has 1 saturated heterocycles. The minimum atomic E-state index is -0.136. The van der Waals surface area contributed by atoms with Gasteiger partial charge >= 0.3 is 0 Å². The van der Waals surface area contributed by atoms with Crippen LogP contribution in [0.1, 0.15) is 18.9 Å². The highest BCUT2D eigenvalue weighted by Crippen LogP contribution is 2.15. The maximum atomic E-state index is 12.4. The van der Waals surface area contributed by atoms with Gasteiger partial charge in [-0.2, -0.15) is 0 Å². The van der Waals surface area contributed by atoms with Gasteiger partial charge in [0.2, 0.25) is 5.91 Å². The summed E-state index contributed by atoms with van der Waals surface area (Å²) in [6.45, 7) is 3.96. The Kier molecular flexibility index (Phi) is 5.59. The molecule has 1 heterocycles. The van der Waals surface area contributed by atoms with Gasteiger partial charge in [0.25, 0.3) is 0 Å². The van der Waals surface area contributed by atoms with Crippen molar-refractivity contribution in [1.82, 2.24) is 10.2 Å². The second-order valence-electron chi connectivity index (χ2n) is 5.33. The number of carbonyl (C=O) groups is 1. The highest BCUT2D eigenvalue weighted by atomic mass is 16.5. The number of amides is 1. The van der Waals surface area contributed by atoms with Crippen LogP contribution in [-0.4, -0.2) is 50.3 Å². The fourth-order valence-corrected chi connectivity index (χ4v) is 2.55. The van der Waals surface area contributed by atoms with E-state index in [0.717, 1.165) is 24.3 Å². The second kappa shape index (κ2) is 7.43. The Labute approximate surface area is 126 Å². The number of ether oxygens (including phenoxy) is 2. The van der Waals surface area contributed by atoms with E-state index < -0.39 is 0 Å². The van der Waals surface area contributed by atoms with Crippen LogP contribution < -0.4 is 10.1 Å². The molecule has 1 aromatic carbocycles. The molecule has 21 heavy (non-hydrogen) atoms. The molecule has 0 aromatic heterocycles. The number of benzene rings is 1. The van der Waals surface area contributed by atoms with Gasteiger partial charge in [0.15, 0.2) is 0 Å². The molecule has 116 valence electrons. The Morgan fingerprint density at radius 2 is 2.10 bits per heavy atom. The third-order valence-electron chi connectivity index (χ3n) is 3.75. The molecule has 5 heteroatoms. The number of rotatable bonds is 6. The first kappa shape index (κ1) is 15.8. The number of hydrogen-bond acceptors (Lipinski definition) is 4. The Balaban J connectivity index is 1.88. The molecular weight excluding hydrogens is 268 g/mol.